The Morgan fingerprint density at radius 1 is 1.09 bits per heavy atom. The molecule has 0 aliphatic heterocycles. The molecule has 7 nitrogen and oxygen atoms in total. The number of aromatic carboxylic acids is 1. The maximum atomic E-state index is 11.8. The Balaban J connectivity index is 1.90. The third-order valence-electron chi connectivity index (χ3n) is 5.90. The fourth-order valence-electron chi connectivity index (χ4n) is 4.30. The number of carbonyl (C=O) groups is 2. The highest BCUT2D eigenvalue weighted by molar-refractivity contribution is 6.04. The van der Waals surface area contributed by atoms with Crippen LogP contribution in [0.2, 0.25) is 0 Å². The van der Waals surface area contributed by atoms with Crippen molar-refractivity contribution in [2.45, 2.75) is 40.0 Å². The topological polar surface area (TPSA) is 110 Å². The van der Waals surface area contributed by atoms with E-state index in [0.717, 1.165) is 47.4 Å². The summed E-state index contributed by atoms with van der Waals surface area (Å²) in [5, 5.41) is 12.4. The van der Waals surface area contributed by atoms with Crippen LogP contribution in [0.3, 0.4) is 0 Å². The third-order valence-corrected chi connectivity index (χ3v) is 5.90. The van der Waals surface area contributed by atoms with Crippen LogP contribution in [0.15, 0.2) is 54.6 Å². The van der Waals surface area contributed by atoms with Crippen molar-refractivity contribution in [2.75, 3.05) is 11.1 Å². The zero-order valence-corrected chi connectivity index (χ0v) is 19.6. The summed E-state index contributed by atoms with van der Waals surface area (Å²) in [4.78, 5) is 28.4. The van der Waals surface area contributed by atoms with Gasteiger partial charge >= 0.3 is 5.97 Å². The number of fused-ring (bicyclic) bond motifs is 1. The van der Waals surface area contributed by atoms with Crippen molar-refractivity contribution in [2.24, 2.45) is 0 Å². The number of aryl methyl sites for hydroxylation is 2. The monoisotopic (exact) mass is 456 g/mol. The second-order valence-electron chi connectivity index (χ2n) is 8.40. The number of anilines is 2. The minimum atomic E-state index is -0.954. The molecule has 0 saturated carbocycles. The number of amides is 1. The Labute approximate surface area is 198 Å². The number of nitrogens with one attached hydrogen (secondary N) is 1. The first kappa shape index (κ1) is 23.0. The second kappa shape index (κ2) is 9.39. The summed E-state index contributed by atoms with van der Waals surface area (Å²) in [5.41, 5.74) is 12.3. The van der Waals surface area contributed by atoms with E-state index in [9.17, 15) is 14.7 Å². The highest BCUT2D eigenvalue weighted by Crippen LogP contribution is 2.34. The highest BCUT2D eigenvalue weighted by Gasteiger charge is 2.19. The fraction of sp³-hybridized carbons (Fsp3) is 0.222. The number of nitrogen functional groups attached to an aromatic ring is 1. The van der Waals surface area contributed by atoms with E-state index in [4.69, 9.17) is 10.7 Å². The van der Waals surface area contributed by atoms with Gasteiger partial charge in [-0.3, -0.25) is 9.36 Å². The number of rotatable bonds is 7. The normalized spacial score (nSPS) is 11.0. The van der Waals surface area contributed by atoms with Gasteiger partial charge in [0.1, 0.15) is 11.3 Å². The molecule has 0 unspecified atom stereocenters. The van der Waals surface area contributed by atoms with Crippen LogP contribution < -0.4 is 11.1 Å². The zero-order valence-electron chi connectivity index (χ0n) is 19.6. The first-order chi connectivity index (χ1) is 16.3. The Bertz CT molecular complexity index is 1400. The standard InChI is InChI=1S/C27H28N4O3/c1-4-5-10-24-30-26-23(14-13-22(28)25(26)29-17(3)32)31(24)18-11-12-19(16(2)15-18)20-8-6-7-9-21(20)27(33)34/h6-9,11-15H,4-5,10,28H2,1-3H3,(H,29,32)(H,33,34). The summed E-state index contributed by atoms with van der Waals surface area (Å²) in [7, 11) is 0. The van der Waals surface area contributed by atoms with Gasteiger partial charge in [0.15, 0.2) is 0 Å². The summed E-state index contributed by atoms with van der Waals surface area (Å²) < 4.78 is 2.09. The van der Waals surface area contributed by atoms with Crippen molar-refractivity contribution in [3.8, 4) is 16.8 Å². The fourth-order valence-corrected chi connectivity index (χ4v) is 4.30. The molecular formula is C27H28N4O3. The van der Waals surface area contributed by atoms with Gasteiger partial charge in [-0.1, -0.05) is 37.6 Å². The first-order valence-corrected chi connectivity index (χ1v) is 11.3. The molecular weight excluding hydrogens is 428 g/mol. The number of carboxylic acid groups (broad SMARTS) is 1. The summed E-state index contributed by atoms with van der Waals surface area (Å²) >= 11 is 0. The number of hydrogen-bond acceptors (Lipinski definition) is 4. The van der Waals surface area contributed by atoms with Crippen LogP contribution in [0.25, 0.3) is 27.8 Å². The van der Waals surface area contributed by atoms with Crippen LogP contribution in [0.1, 0.15) is 48.4 Å². The second-order valence-corrected chi connectivity index (χ2v) is 8.40. The Morgan fingerprint density at radius 3 is 2.53 bits per heavy atom. The molecule has 1 amide bonds. The number of imidazole rings is 1. The van der Waals surface area contributed by atoms with Crippen molar-refractivity contribution in [1.82, 2.24) is 9.55 Å². The van der Waals surface area contributed by atoms with E-state index >= 15 is 0 Å². The zero-order chi connectivity index (χ0) is 24.4. The van der Waals surface area contributed by atoms with Crippen molar-refractivity contribution in [1.29, 1.82) is 0 Å². The number of nitrogens with zero attached hydrogens (tertiary/aromatic N) is 2. The van der Waals surface area contributed by atoms with Gasteiger partial charge in [-0.2, -0.15) is 0 Å². The number of unbranched alkanes of at least 4 members (excludes halogenated alkanes) is 1. The molecule has 0 aliphatic rings. The molecule has 0 aliphatic carbocycles. The minimum absolute atomic E-state index is 0.207. The number of hydrogen-bond donors (Lipinski definition) is 3. The highest BCUT2D eigenvalue weighted by atomic mass is 16.4. The van der Waals surface area contributed by atoms with Gasteiger partial charge in [-0.15, -0.1) is 0 Å². The smallest absolute Gasteiger partial charge is 0.336 e. The lowest BCUT2D eigenvalue weighted by atomic mass is 9.95. The average Bonchev–Trinajstić information content (AvgIpc) is 3.18. The van der Waals surface area contributed by atoms with Crippen molar-refractivity contribution in [3.05, 3.63) is 71.5 Å². The number of carboxylic acids is 1. The van der Waals surface area contributed by atoms with Gasteiger partial charge in [-0.25, -0.2) is 9.78 Å². The van der Waals surface area contributed by atoms with E-state index in [1.54, 1.807) is 18.2 Å². The number of nitrogens with two attached hydrogens (primary N) is 1. The van der Waals surface area contributed by atoms with E-state index in [0.29, 0.717) is 22.5 Å². The van der Waals surface area contributed by atoms with Gasteiger partial charge in [0, 0.05) is 19.0 Å². The molecule has 0 saturated heterocycles. The molecule has 1 heterocycles. The molecule has 0 spiro atoms. The van der Waals surface area contributed by atoms with Crippen molar-refractivity contribution >= 4 is 34.3 Å². The van der Waals surface area contributed by atoms with Crippen LogP contribution in [-0.4, -0.2) is 26.5 Å². The molecule has 1 aromatic heterocycles. The molecule has 3 aromatic carbocycles. The molecule has 34 heavy (non-hydrogen) atoms. The SMILES string of the molecule is CCCCc1nc2c(NC(C)=O)c(N)ccc2n1-c1ccc(-c2ccccc2C(=O)O)c(C)c1. The minimum Gasteiger partial charge on any atom is -0.478 e. The van der Waals surface area contributed by atoms with Crippen LogP contribution >= 0.6 is 0 Å². The largest absolute Gasteiger partial charge is 0.478 e. The lowest BCUT2D eigenvalue weighted by molar-refractivity contribution is -0.114. The van der Waals surface area contributed by atoms with Gasteiger partial charge in [0.2, 0.25) is 5.91 Å². The lowest BCUT2D eigenvalue weighted by Crippen LogP contribution is -2.08. The van der Waals surface area contributed by atoms with Gasteiger partial charge in [0.25, 0.3) is 0 Å². The molecule has 0 fully saturated rings. The predicted octanol–water partition coefficient (Wildman–Crippen LogP) is 5.58. The number of benzene rings is 3. The van der Waals surface area contributed by atoms with Crippen LogP contribution in [-0.2, 0) is 11.2 Å². The molecule has 4 N–H and O–H groups in total. The molecule has 4 aromatic rings. The molecule has 0 radical (unpaired) electrons. The van der Waals surface area contributed by atoms with Crippen molar-refractivity contribution < 1.29 is 14.7 Å². The van der Waals surface area contributed by atoms with Crippen molar-refractivity contribution in [3.63, 3.8) is 0 Å². The van der Waals surface area contributed by atoms with Gasteiger partial charge < -0.3 is 16.2 Å². The van der Waals surface area contributed by atoms with E-state index in [-0.39, 0.29) is 11.5 Å². The lowest BCUT2D eigenvalue weighted by Gasteiger charge is -2.14. The van der Waals surface area contributed by atoms with E-state index in [1.807, 2.05) is 43.3 Å². The maximum Gasteiger partial charge on any atom is 0.336 e. The Morgan fingerprint density at radius 2 is 1.85 bits per heavy atom. The number of aromatic nitrogens is 2. The van der Waals surface area contributed by atoms with Crippen LogP contribution in [0, 0.1) is 6.92 Å². The Hall–Kier alpha value is -4.13. The van der Waals surface area contributed by atoms with Crippen LogP contribution in [0.5, 0.6) is 0 Å². The third kappa shape index (κ3) is 4.24. The molecule has 0 atom stereocenters. The van der Waals surface area contributed by atoms with E-state index in [1.165, 1.54) is 6.92 Å². The van der Waals surface area contributed by atoms with Gasteiger partial charge in [0.05, 0.1) is 22.5 Å². The summed E-state index contributed by atoms with van der Waals surface area (Å²) in [6.45, 7) is 5.56. The predicted molar refractivity (Wildman–Crippen MR) is 136 cm³/mol. The maximum absolute atomic E-state index is 11.8. The summed E-state index contributed by atoms with van der Waals surface area (Å²) in [5.74, 6) is -0.280. The van der Waals surface area contributed by atoms with E-state index < -0.39 is 5.97 Å². The summed E-state index contributed by atoms with van der Waals surface area (Å²) in [6, 6.07) is 16.7. The number of carbonyl (C=O) groups excluding carboxylic acids is 1. The van der Waals surface area contributed by atoms with Gasteiger partial charge in [-0.05, 0) is 60.4 Å². The molecule has 174 valence electrons. The summed E-state index contributed by atoms with van der Waals surface area (Å²) in [6.07, 6.45) is 2.76. The average molecular weight is 457 g/mol. The molecule has 0 bridgehead atoms. The molecule has 7 heteroatoms. The Kier molecular flexibility index (Phi) is 6.36. The first-order valence-electron chi connectivity index (χ1n) is 11.3. The van der Waals surface area contributed by atoms with E-state index in [2.05, 4.69) is 16.8 Å². The molecule has 4 rings (SSSR count). The quantitative estimate of drug-likeness (QED) is 0.314. The van der Waals surface area contributed by atoms with Crippen LogP contribution in [0.4, 0.5) is 11.4 Å².